The number of carbonyl (C=O) groups is 1. The van der Waals surface area contributed by atoms with Crippen molar-refractivity contribution >= 4 is 46.4 Å². The monoisotopic (exact) mass is 1350 g/mol. The van der Waals surface area contributed by atoms with Crippen molar-refractivity contribution in [3.05, 3.63) is 188 Å². The van der Waals surface area contributed by atoms with E-state index in [1.165, 1.54) is 28.2 Å². The van der Waals surface area contributed by atoms with Crippen LogP contribution in [0.5, 0.6) is 0 Å². The van der Waals surface area contributed by atoms with Gasteiger partial charge in [0.2, 0.25) is 5.91 Å². The summed E-state index contributed by atoms with van der Waals surface area (Å²) in [4.78, 5) is 25.9. The Hall–Kier alpha value is -7.41. The molecule has 3 unspecified atom stereocenters. The van der Waals surface area contributed by atoms with Gasteiger partial charge in [0.05, 0.1) is 58.4 Å². The first-order valence-electron chi connectivity index (χ1n) is 30.9. The molecule has 3 fully saturated rings. The van der Waals surface area contributed by atoms with Crippen LogP contribution in [0.1, 0.15) is 184 Å². The van der Waals surface area contributed by atoms with Crippen LogP contribution in [-0.4, -0.2) is 82.2 Å². The van der Waals surface area contributed by atoms with E-state index in [0.717, 1.165) is 103 Å². The van der Waals surface area contributed by atoms with Gasteiger partial charge in [-0.25, -0.2) is 29.0 Å². The first-order chi connectivity index (χ1) is 44.1. The number of hydrogen-bond donors (Lipinski definition) is 1. The third kappa shape index (κ3) is 15.2. The number of imidazole rings is 3. The molecule has 0 spiro atoms. The van der Waals surface area contributed by atoms with Gasteiger partial charge in [0.15, 0.2) is 17.1 Å². The first kappa shape index (κ1) is 68.4. The summed E-state index contributed by atoms with van der Waals surface area (Å²) in [6.45, 7) is 11.0. The molecule has 2 aliphatic carbocycles. The van der Waals surface area contributed by atoms with E-state index in [4.69, 9.17) is 34.8 Å². The molecule has 1 N–H and O–H groups in total. The van der Waals surface area contributed by atoms with Crippen molar-refractivity contribution in [2.75, 3.05) is 18.1 Å². The van der Waals surface area contributed by atoms with E-state index in [2.05, 4.69) is 30.2 Å². The molecule has 1 aliphatic heterocycles. The van der Waals surface area contributed by atoms with E-state index in [1.807, 2.05) is 97.0 Å². The van der Waals surface area contributed by atoms with Crippen molar-refractivity contribution in [3.63, 3.8) is 0 Å². The van der Waals surface area contributed by atoms with E-state index in [0.29, 0.717) is 70.6 Å². The van der Waals surface area contributed by atoms with Gasteiger partial charge in [0.1, 0.15) is 23.5 Å². The molecule has 3 aromatic carbocycles. The topological polar surface area (TPSA) is 147 Å². The Morgan fingerprint density at radius 1 is 0.548 bits per heavy atom. The first-order valence-corrected chi connectivity index (χ1v) is 32.1. The number of amides is 1. The van der Waals surface area contributed by atoms with Crippen LogP contribution in [0, 0.1) is 20.8 Å². The maximum atomic E-state index is 13.2. The molecule has 3 atom stereocenters. The van der Waals surface area contributed by atoms with Crippen molar-refractivity contribution in [2.24, 2.45) is 0 Å². The molecule has 27 heteroatoms. The van der Waals surface area contributed by atoms with Crippen LogP contribution in [0.25, 0.3) is 17.1 Å². The van der Waals surface area contributed by atoms with Gasteiger partial charge >= 0.3 is 18.5 Å². The maximum Gasteiger partial charge on any atom is 0.434 e. The van der Waals surface area contributed by atoms with Crippen LogP contribution in [0.3, 0.4) is 0 Å². The lowest BCUT2D eigenvalue weighted by molar-refractivity contribution is -0.141. The van der Waals surface area contributed by atoms with E-state index in [9.17, 15) is 49.4 Å². The van der Waals surface area contributed by atoms with Gasteiger partial charge < -0.3 is 23.7 Å². The third-order valence-corrected chi connectivity index (χ3v) is 18.3. The zero-order valence-corrected chi connectivity index (χ0v) is 54.2. The molecule has 496 valence electrons. The summed E-state index contributed by atoms with van der Waals surface area (Å²) in [5.41, 5.74) is 5.76. The van der Waals surface area contributed by atoms with Gasteiger partial charge in [0, 0.05) is 70.7 Å². The van der Waals surface area contributed by atoms with Gasteiger partial charge in [0.25, 0.3) is 0 Å². The fourth-order valence-corrected chi connectivity index (χ4v) is 12.9. The normalized spacial score (nSPS) is 16.3. The fraction of sp³-hybridized carbons (Fsp3) is 0.439. The van der Waals surface area contributed by atoms with Crippen LogP contribution in [0.2, 0.25) is 15.1 Å². The van der Waals surface area contributed by atoms with E-state index < -0.39 is 41.7 Å². The number of aliphatic hydroxyl groups excluding tert-OH is 1. The highest BCUT2D eigenvalue weighted by molar-refractivity contribution is 6.31. The number of aliphatic hydroxyl groups is 1. The Bertz CT molecular complexity index is 3840. The Balaban J connectivity index is 0.000000153. The number of aryl methyl sites for hydroxylation is 3. The lowest BCUT2D eigenvalue weighted by Gasteiger charge is -2.28. The average Bonchev–Trinajstić information content (AvgIpc) is 1.65. The SMILES string of the molecule is CCCC(Cc1cnn(-c2ccc(Cl)cc2)c1C1CCC1)n1cc(C(F)(F)F)nc1C.Cc1nc(C(F)(F)F)cn1C(CCO)Cc1cnn(-c2ccc(Cl)cc2)c1C1CCC1.Cc1nc(C(F)(F)F)cn1C1CCN(c2cnn(-c3ccc(Cl)cc3)c2C(C)C)C1=O. The number of benzene rings is 3. The largest absolute Gasteiger partial charge is 0.434 e. The van der Waals surface area contributed by atoms with Gasteiger partial charge in [-0.3, -0.25) is 4.79 Å². The molecular formula is C66H71Cl3F9N13O2. The summed E-state index contributed by atoms with van der Waals surface area (Å²) in [5, 5.41) is 25.2. The predicted molar refractivity (Wildman–Crippen MR) is 337 cm³/mol. The van der Waals surface area contributed by atoms with Crippen molar-refractivity contribution in [2.45, 2.75) is 173 Å². The van der Waals surface area contributed by atoms with Crippen LogP contribution in [0.15, 0.2) is 110 Å². The number of alkyl halides is 9. The number of hydrogen-bond acceptors (Lipinski definition) is 8. The molecule has 1 amide bonds. The summed E-state index contributed by atoms with van der Waals surface area (Å²) in [7, 11) is 0. The number of aromatic nitrogens is 12. The predicted octanol–water partition coefficient (Wildman–Crippen LogP) is 17.5. The Morgan fingerprint density at radius 3 is 1.31 bits per heavy atom. The minimum atomic E-state index is -4.55. The highest BCUT2D eigenvalue weighted by Crippen LogP contribution is 2.44. The average molecular weight is 1360 g/mol. The zero-order chi connectivity index (χ0) is 66.8. The summed E-state index contributed by atoms with van der Waals surface area (Å²) in [5.74, 6) is 1.39. The molecule has 0 bridgehead atoms. The summed E-state index contributed by atoms with van der Waals surface area (Å²) in [6, 6.07) is 21.0. The van der Waals surface area contributed by atoms with E-state index in [1.54, 1.807) is 52.5 Å². The molecule has 9 aromatic rings. The van der Waals surface area contributed by atoms with Gasteiger partial charge in [-0.2, -0.15) is 54.8 Å². The maximum absolute atomic E-state index is 13.2. The van der Waals surface area contributed by atoms with Crippen LogP contribution in [0.4, 0.5) is 45.2 Å². The highest BCUT2D eigenvalue weighted by Gasteiger charge is 2.42. The minimum absolute atomic E-state index is 0.0480. The van der Waals surface area contributed by atoms with Gasteiger partial charge in [-0.1, -0.05) is 74.8 Å². The minimum Gasteiger partial charge on any atom is -0.396 e. The summed E-state index contributed by atoms with van der Waals surface area (Å²) < 4.78 is 128. The Morgan fingerprint density at radius 2 is 0.946 bits per heavy atom. The quantitative estimate of drug-likeness (QED) is 0.0835. The molecule has 12 rings (SSSR count). The van der Waals surface area contributed by atoms with Crippen LogP contribution < -0.4 is 4.90 Å². The highest BCUT2D eigenvalue weighted by atomic mass is 35.5. The second-order valence-corrected chi connectivity index (χ2v) is 25.5. The molecule has 15 nitrogen and oxygen atoms in total. The second-order valence-electron chi connectivity index (χ2n) is 24.1. The van der Waals surface area contributed by atoms with E-state index in [-0.39, 0.29) is 42.2 Å². The van der Waals surface area contributed by atoms with Gasteiger partial charge in [-0.05, 0) is 168 Å². The molecule has 2 saturated carbocycles. The lowest BCUT2D eigenvalue weighted by atomic mass is 9.80. The summed E-state index contributed by atoms with van der Waals surface area (Å²) in [6.07, 6.45) is 5.01. The van der Waals surface area contributed by atoms with E-state index >= 15 is 0 Å². The van der Waals surface area contributed by atoms with Crippen LogP contribution in [-0.2, 0) is 36.2 Å². The lowest BCUT2D eigenvalue weighted by Crippen LogP contribution is -2.29. The Labute approximate surface area is 547 Å². The zero-order valence-electron chi connectivity index (χ0n) is 52.0. The molecule has 6 aromatic heterocycles. The Kier molecular flexibility index (Phi) is 20.8. The number of anilines is 1. The molecule has 0 radical (unpaired) electrons. The molecule has 93 heavy (non-hydrogen) atoms. The molecule has 7 heterocycles. The van der Waals surface area contributed by atoms with Crippen molar-refractivity contribution < 1.29 is 49.4 Å². The molecular weight excluding hydrogens is 1280 g/mol. The number of halogens is 12. The van der Waals surface area contributed by atoms with Crippen molar-refractivity contribution in [1.29, 1.82) is 0 Å². The molecule has 1 saturated heterocycles. The third-order valence-electron chi connectivity index (χ3n) is 17.5. The number of rotatable bonds is 18. The van der Waals surface area contributed by atoms with Crippen molar-refractivity contribution in [1.82, 2.24) is 58.0 Å². The second kappa shape index (κ2) is 28.3. The number of carbonyl (C=O) groups excluding carboxylic acids is 1. The van der Waals surface area contributed by atoms with Crippen molar-refractivity contribution in [3.8, 4) is 17.1 Å². The fourth-order valence-electron chi connectivity index (χ4n) is 12.5. The van der Waals surface area contributed by atoms with Crippen LogP contribution >= 0.6 is 34.8 Å². The number of nitrogens with zero attached hydrogens (tertiary/aromatic N) is 13. The van der Waals surface area contributed by atoms with Gasteiger partial charge in [-0.15, -0.1) is 0 Å². The standard InChI is InChI=1S/C23H26ClF3N4.C22H24ClF3N4O.C21H21ClF3N5O/c1-3-5-20(30-14-21(23(25,26)27)29-15(30)2)12-17-13-28-31(22(17)16-6-4-7-16)19-10-8-18(24)9-11-19;1-14-28-20(22(24,25)26)13-29(14)19(9-10-31)11-16-12-27-30(21(16)15-3-2-4-15)18-7-5-17(23)6-8-18;1-12(2)19-17(10-26-30(19)15-6-4-14(22)5-7-15)28-9-8-16(20(28)31)29-11-18(21(23,24)25)27-13(29)3/h8-11,13-14,16,20H,3-7,12H2,1-2H3;5-8,12-13,15,19,31H,2-4,9-11H2,1H3;4-7,10-12,16H,8-9H2,1-3H3. The smallest absolute Gasteiger partial charge is 0.396 e. The molecule has 3 aliphatic rings. The summed E-state index contributed by atoms with van der Waals surface area (Å²) >= 11 is 18.1.